The molecule has 188 valence electrons. The van der Waals surface area contributed by atoms with Gasteiger partial charge in [-0.2, -0.15) is 0 Å². The zero-order valence-electron chi connectivity index (χ0n) is 20.2. The number of benzene rings is 2. The summed E-state index contributed by atoms with van der Waals surface area (Å²) in [6, 6.07) is 12.2. The molecule has 0 bridgehead atoms. The number of fused-ring (bicyclic) bond motifs is 1. The lowest BCUT2D eigenvalue weighted by atomic mass is 10.1. The van der Waals surface area contributed by atoms with E-state index in [1.54, 1.807) is 23.5 Å². The third-order valence-corrected chi connectivity index (χ3v) is 7.65. The van der Waals surface area contributed by atoms with Gasteiger partial charge in [-0.25, -0.2) is 14.2 Å². The molecule has 2 amide bonds. The van der Waals surface area contributed by atoms with Gasteiger partial charge in [-0.3, -0.25) is 4.90 Å². The number of carbonyl (C=O) groups is 1. The average molecular weight is 508 g/mol. The van der Waals surface area contributed by atoms with E-state index < -0.39 is 0 Å². The molecule has 0 spiro atoms. The Balaban J connectivity index is 1.33. The maximum atomic E-state index is 13.1. The smallest absolute Gasteiger partial charge is 0.319 e. The van der Waals surface area contributed by atoms with Crippen LogP contribution in [0.15, 0.2) is 54.0 Å². The second kappa shape index (κ2) is 10.8. The van der Waals surface area contributed by atoms with Crippen molar-refractivity contribution in [1.29, 1.82) is 0 Å². The first-order valence-electron chi connectivity index (χ1n) is 12.3. The molecule has 1 aliphatic heterocycles. The number of likely N-dealkylation sites (tertiary alicyclic amines) is 1. The maximum Gasteiger partial charge on any atom is 0.319 e. The van der Waals surface area contributed by atoms with E-state index in [4.69, 9.17) is 4.98 Å². The molecule has 36 heavy (non-hydrogen) atoms. The van der Waals surface area contributed by atoms with Gasteiger partial charge < -0.3 is 20.3 Å². The summed E-state index contributed by atoms with van der Waals surface area (Å²) < 4.78 is 15.2. The van der Waals surface area contributed by atoms with Crippen LogP contribution in [0.2, 0.25) is 0 Å². The van der Waals surface area contributed by atoms with Crippen LogP contribution in [0.3, 0.4) is 0 Å². The Kier molecular flexibility index (Phi) is 7.31. The molecule has 4 aromatic rings. The molecule has 7 nitrogen and oxygen atoms in total. The molecule has 5 rings (SSSR count). The minimum atomic E-state index is -0.319. The molecule has 1 atom stereocenters. The molecule has 0 radical (unpaired) electrons. The molecule has 0 saturated carbocycles. The number of aliphatic hydroxyl groups is 1. The van der Waals surface area contributed by atoms with Crippen LogP contribution >= 0.6 is 11.3 Å². The lowest BCUT2D eigenvalue weighted by Crippen LogP contribution is -2.31. The van der Waals surface area contributed by atoms with Gasteiger partial charge in [-0.1, -0.05) is 12.1 Å². The van der Waals surface area contributed by atoms with Crippen molar-refractivity contribution < 1.29 is 14.3 Å². The molecule has 1 saturated heterocycles. The molecule has 1 aliphatic rings. The predicted molar refractivity (Wildman–Crippen MR) is 141 cm³/mol. The summed E-state index contributed by atoms with van der Waals surface area (Å²) in [4.78, 5) is 19.8. The average Bonchev–Trinajstić information content (AvgIpc) is 3.63. The Labute approximate surface area is 213 Å². The fourth-order valence-electron chi connectivity index (χ4n) is 4.77. The number of hydrogen-bond acceptors (Lipinski definition) is 5. The molecular formula is C27H30FN5O2S. The Morgan fingerprint density at radius 2 is 2.08 bits per heavy atom. The maximum absolute atomic E-state index is 13.1. The molecule has 3 N–H and O–H groups in total. The molecule has 2 aromatic carbocycles. The van der Waals surface area contributed by atoms with Gasteiger partial charge in [0.2, 0.25) is 0 Å². The van der Waals surface area contributed by atoms with E-state index in [1.807, 2.05) is 6.20 Å². The molecule has 1 fully saturated rings. The summed E-state index contributed by atoms with van der Waals surface area (Å²) >= 11 is 1.61. The van der Waals surface area contributed by atoms with Crippen molar-refractivity contribution in [3.63, 3.8) is 0 Å². The van der Waals surface area contributed by atoms with Gasteiger partial charge in [0, 0.05) is 48.2 Å². The second-order valence-electron chi connectivity index (χ2n) is 9.09. The van der Waals surface area contributed by atoms with Gasteiger partial charge in [-0.05, 0) is 62.2 Å². The van der Waals surface area contributed by atoms with Crippen LogP contribution in [-0.2, 0) is 19.6 Å². The Morgan fingerprint density at radius 1 is 1.25 bits per heavy atom. The first-order chi connectivity index (χ1) is 17.5. The second-order valence-corrected chi connectivity index (χ2v) is 9.95. The molecule has 0 unspecified atom stereocenters. The van der Waals surface area contributed by atoms with Gasteiger partial charge >= 0.3 is 6.03 Å². The van der Waals surface area contributed by atoms with Gasteiger partial charge in [0.25, 0.3) is 0 Å². The Morgan fingerprint density at radius 3 is 2.86 bits per heavy atom. The number of anilines is 1. The summed E-state index contributed by atoms with van der Waals surface area (Å²) in [6.45, 7) is 5.08. The Hall–Kier alpha value is -3.27. The van der Waals surface area contributed by atoms with Crippen LogP contribution in [0.1, 0.15) is 31.0 Å². The van der Waals surface area contributed by atoms with Crippen LogP contribution in [0, 0.1) is 5.82 Å². The van der Waals surface area contributed by atoms with Crippen molar-refractivity contribution >= 4 is 34.0 Å². The third-order valence-electron chi connectivity index (χ3n) is 6.71. The summed E-state index contributed by atoms with van der Waals surface area (Å²) in [7, 11) is 0. The van der Waals surface area contributed by atoms with Gasteiger partial charge in [-0.15, -0.1) is 11.3 Å². The predicted octanol–water partition coefficient (Wildman–Crippen LogP) is 5.20. The number of halogens is 1. The van der Waals surface area contributed by atoms with E-state index in [1.165, 1.54) is 12.1 Å². The van der Waals surface area contributed by atoms with Crippen LogP contribution in [0.4, 0.5) is 14.9 Å². The van der Waals surface area contributed by atoms with Gasteiger partial charge in [0.15, 0.2) is 0 Å². The monoisotopic (exact) mass is 507 g/mol. The number of nitrogens with one attached hydrogen (secondary N) is 2. The zero-order valence-corrected chi connectivity index (χ0v) is 21.0. The summed E-state index contributed by atoms with van der Waals surface area (Å²) in [5.41, 5.74) is 4.60. The van der Waals surface area contributed by atoms with E-state index in [0.717, 1.165) is 70.9 Å². The van der Waals surface area contributed by atoms with Crippen molar-refractivity contribution in [3.8, 4) is 10.6 Å². The summed E-state index contributed by atoms with van der Waals surface area (Å²) in [5.74, 6) is -0.302. The number of urea groups is 1. The zero-order chi connectivity index (χ0) is 25.1. The molecular weight excluding hydrogens is 477 g/mol. The number of aromatic nitrogens is 2. The number of thiazole rings is 1. The quantitative estimate of drug-likeness (QED) is 0.306. The number of aliphatic hydroxyl groups excluding tert-OH is 1. The lowest BCUT2D eigenvalue weighted by Gasteiger charge is -2.21. The number of aryl methyl sites for hydroxylation is 1. The number of nitrogens with zero attached hydrogens (tertiary/aromatic N) is 3. The van der Waals surface area contributed by atoms with E-state index >= 15 is 0 Å². The summed E-state index contributed by atoms with van der Waals surface area (Å²) in [6.07, 6.45) is 4.09. The van der Waals surface area contributed by atoms with Gasteiger partial charge in [0.1, 0.15) is 10.8 Å². The fraction of sp³-hybridized carbons (Fsp3) is 0.333. The highest BCUT2D eigenvalue weighted by Crippen LogP contribution is 2.33. The number of hydrogen-bond donors (Lipinski definition) is 3. The van der Waals surface area contributed by atoms with Crippen molar-refractivity contribution in [2.45, 2.75) is 45.4 Å². The van der Waals surface area contributed by atoms with Crippen molar-refractivity contribution in [1.82, 2.24) is 19.8 Å². The standard InChI is InChI=1S/C27H30FN5O2S/c1-2-32-15-24(31-27(35)29-13-18-5-8-20(28)9-6-18)23-12-19(7-10-25(23)32)26-30-21(17-36-26)14-33-11-3-4-22(33)16-34/h5-10,12,15,17,22,34H,2-4,11,13-14,16H2,1H3,(H2,29,31,35)/t22-/m0/s1. The molecule has 2 aromatic heterocycles. The Bertz CT molecular complexity index is 1350. The highest BCUT2D eigenvalue weighted by atomic mass is 32.1. The van der Waals surface area contributed by atoms with Crippen molar-refractivity contribution in [2.24, 2.45) is 0 Å². The highest BCUT2D eigenvalue weighted by Gasteiger charge is 2.24. The van der Waals surface area contributed by atoms with Crippen molar-refractivity contribution in [3.05, 3.63) is 71.1 Å². The molecule has 0 aliphatic carbocycles. The largest absolute Gasteiger partial charge is 0.395 e. The van der Waals surface area contributed by atoms with E-state index in [0.29, 0.717) is 6.54 Å². The minimum absolute atomic E-state index is 0.190. The topological polar surface area (TPSA) is 82.4 Å². The fourth-order valence-corrected chi connectivity index (χ4v) is 5.58. The highest BCUT2D eigenvalue weighted by molar-refractivity contribution is 7.13. The van der Waals surface area contributed by atoms with Crippen LogP contribution in [0.25, 0.3) is 21.5 Å². The molecule has 3 heterocycles. The first kappa shape index (κ1) is 24.4. The van der Waals surface area contributed by atoms with Crippen LogP contribution in [-0.4, -0.2) is 44.8 Å². The lowest BCUT2D eigenvalue weighted by molar-refractivity contribution is 0.152. The van der Waals surface area contributed by atoms with E-state index in [9.17, 15) is 14.3 Å². The molecule has 9 heteroatoms. The van der Waals surface area contributed by atoms with Crippen LogP contribution < -0.4 is 10.6 Å². The van der Waals surface area contributed by atoms with Crippen LogP contribution in [0.5, 0.6) is 0 Å². The third kappa shape index (κ3) is 5.28. The van der Waals surface area contributed by atoms with Gasteiger partial charge in [0.05, 0.1) is 23.5 Å². The first-order valence-corrected chi connectivity index (χ1v) is 13.1. The van der Waals surface area contributed by atoms with E-state index in [2.05, 4.69) is 50.6 Å². The van der Waals surface area contributed by atoms with Crippen molar-refractivity contribution in [2.75, 3.05) is 18.5 Å². The minimum Gasteiger partial charge on any atom is -0.395 e. The SMILES string of the molecule is CCn1cc(NC(=O)NCc2ccc(F)cc2)c2cc(-c3nc(CN4CCC[C@H]4CO)cs3)ccc21. The normalized spacial score (nSPS) is 16.0. The summed E-state index contributed by atoms with van der Waals surface area (Å²) in [5, 5.41) is 19.4. The number of carbonyl (C=O) groups excluding carboxylic acids is 1. The number of amides is 2. The number of rotatable bonds is 8. The van der Waals surface area contributed by atoms with E-state index in [-0.39, 0.29) is 24.5 Å².